The number of ether oxygens (including phenoxy) is 1. The highest BCUT2D eigenvalue weighted by Crippen LogP contribution is 2.33. The molecule has 5 nitrogen and oxygen atoms in total. The van der Waals surface area contributed by atoms with Crippen LogP contribution in [-0.4, -0.2) is 47.2 Å². The Balaban J connectivity index is 1.85. The number of aryl methyl sites for hydroxylation is 2. The molecule has 0 amide bonds. The van der Waals surface area contributed by atoms with Crippen molar-refractivity contribution in [3.63, 3.8) is 0 Å². The van der Waals surface area contributed by atoms with Crippen LogP contribution < -0.4 is 4.90 Å². The van der Waals surface area contributed by atoms with Gasteiger partial charge in [0.2, 0.25) is 5.95 Å². The van der Waals surface area contributed by atoms with Gasteiger partial charge in [-0.1, -0.05) is 44.7 Å². The number of thioether (sulfide) groups is 1. The van der Waals surface area contributed by atoms with E-state index in [-0.39, 0.29) is 16.5 Å². The second-order valence-corrected chi connectivity index (χ2v) is 9.65. The highest BCUT2D eigenvalue weighted by molar-refractivity contribution is 7.98. The molecule has 9 heteroatoms. The summed E-state index contributed by atoms with van der Waals surface area (Å²) in [4.78, 5) is 1.81. The zero-order valence-corrected chi connectivity index (χ0v) is 19.0. The zero-order chi connectivity index (χ0) is 22.1. The number of benzene rings is 1. The predicted molar refractivity (Wildman–Crippen MR) is 113 cm³/mol. The van der Waals surface area contributed by atoms with Crippen molar-refractivity contribution in [1.82, 2.24) is 14.8 Å². The number of anilines is 1. The Morgan fingerprint density at radius 2 is 1.63 bits per heavy atom. The largest absolute Gasteiger partial charge is 0.406 e. The molecule has 1 aliphatic rings. The lowest BCUT2D eigenvalue weighted by molar-refractivity contribution is -0.141. The van der Waals surface area contributed by atoms with Gasteiger partial charge in [-0.15, -0.1) is 10.2 Å². The number of hydrogen-bond donors (Lipinski definition) is 0. The molecule has 3 rings (SSSR count). The van der Waals surface area contributed by atoms with Gasteiger partial charge in [-0.3, -0.25) is 4.57 Å². The predicted octanol–water partition coefficient (Wildman–Crippen LogP) is 4.88. The van der Waals surface area contributed by atoms with E-state index >= 15 is 0 Å². The van der Waals surface area contributed by atoms with Crippen molar-refractivity contribution in [3.05, 3.63) is 34.4 Å². The minimum absolute atomic E-state index is 0.0428. The van der Waals surface area contributed by atoms with E-state index in [0.717, 1.165) is 16.7 Å². The van der Waals surface area contributed by atoms with Gasteiger partial charge in [-0.05, 0) is 41.5 Å². The molecule has 2 aromatic rings. The van der Waals surface area contributed by atoms with Crippen LogP contribution in [0, 0.1) is 13.8 Å². The Kier molecular flexibility index (Phi) is 6.72. The lowest BCUT2D eigenvalue weighted by Gasteiger charge is -2.28. The number of morpholine rings is 1. The van der Waals surface area contributed by atoms with E-state index < -0.39 is 12.7 Å². The summed E-state index contributed by atoms with van der Waals surface area (Å²) >= 11 is 1.30. The molecule has 0 spiro atoms. The van der Waals surface area contributed by atoms with Gasteiger partial charge in [-0.2, -0.15) is 13.2 Å². The molecule has 1 aromatic heterocycles. The van der Waals surface area contributed by atoms with E-state index in [4.69, 9.17) is 4.74 Å². The maximum Gasteiger partial charge on any atom is 0.406 e. The van der Waals surface area contributed by atoms with Crippen LogP contribution >= 0.6 is 11.8 Å². The Labute approximate surface area is 180 Å². The Morgan fingerprint density at radius 1 is 1.03 bits per heavy atom. The van der Waals surface area contributed by atoms with Gasteiger partial charge in [0.05, 0.1) is 13.2 Å². The highest BCUT2D eigenvalue weighted by atomic mass is 32.2. The van der Waals surface area contributed by atoms with Gasteiger partial charge in [0.25, 0.3) is 0 Å². The van der Waals surface area contributed by atoms with Gasteiger partial charge in [0.15, 0.2) is 5.16 Å². The number of alkyl halides is 3. The van der Waals surface area contributed by atoms with Crippen LogP contribution in [0.25, 0.3) is 0 Å². The first-order chi connectivity index (χ1) is 14.0. The monoisotopic (exact) mass is 442 g/mol. The molecule has 0 N–H and O–H groups in total. The van der Waals surface area contributed by atoms with Crippen LogP contribution in [-0.2, 0) is 22.4 Å². The first-order valence-electron chi connectivity index (χ1n) is 10.0. The van der Waals surface area contributed by atoms with E-state index in [2.05, 4.69) is 56.9 Å². The second-order valence-electron chi connectivity index (χ2n) is 8.71. The summed E-state index contributed by atoms with van der Waals surface area (Å²) in [5.41, 5.74) is 4.70. The molecule has 1 aliphatic heterocycles. The van der Waals surface area contributed by atoms with Gasteiger partial charge in [0.1, 0.15) is 6.54 Å². The fourth-order valence-electron chi connectivity index (χ4n) is 3.49. The second kappa shape index (κ2) is 8.78. The van der Waals surface area contributed by atoms with Crippen molar-refractivity contribution in [2.24, 2.45) is 0 Å². The molecule has 166 valence electrons. The summed E-state index contributed by atoms with van der Waals surface area (Å²) in [6.45, 7) is 11.5. The first kappa shape index (κ1) is 22.9. The number of aromatic nitrogens is 3. The van der Waals surface area contributed by atoms with Crippen molar-refractivity contribution in [2.45, 2.75) is 63.7 Å². The lowest BCUT2D eigenvalue weighted by atomic mass is 9.84. The van der Waals surface area contributed by atoms with Crippen molar-refractivity contribution < 1.29 is 17.9 Å². The minimum Gasteiger partial charge on any atom is -0.378 e. The molecular formula is C21H29F3N4OS. The molecule has 0 aliphatic carbocycles. The van der Waals surface area contributed by atoms with Crippen LogP contribution in [0.2, 0.25) is 0 Å². The number of hydrogen-bond acceptors (Lipinski definition) is 5. The van der Waals surface area contributed by atoms with E-state index in [1.165, 1.54) is 21.9 Å². The van der Waals surface area contributed by atoms with E-state index in [9.17, 15) is 13.2 Å². The summed E-state index contributed by atoms with van der Waals surface area (Å²) in [6, 6.07) is 4.34. The van der Waals surface area contributed by atoms with Crippen LogP contribution in [0.1, 0.15) is 43.0 Å². The molecule has 0 atom stereocenters. The van der Waals surface area contributed by atoms with Crippen LogP contribution in [0.15, 0.2) is 17.3 Å². The maximum absolute atomic E-state index is 13.3. The summed E-state index contributed by atoms with van der Waals surface area (Å²) in [5, 5.41) is 8.47. The van der Waals surface area contributed by atoms with E-state index in [1.54, 1.807) is 4.90 Å². The van der Waals surface area contributed by atoms with Crippen molar-refractivity contribution in [2.75, 3.05) is 31.2 Å². The number of rotatable bonds is 5. The molecule has 1 fully saturated rings. The molecule has 30 heavy (non-hydrogen) atoms. The molecule has 2 heterocycles. The van der Waals surface area contributed by atoms with Gasteiger partial charge < -0.3 is 9.64 Å². The maximum atomic E-state index is 13.3. The third-order valence-electron chi connectivity index (χ3n) is 5.24. The smallest absolute Gasteiger partial charge is 0.378 e. The van der Waals surface area contributed by atoms with Crippen LogP contribution in [0.5, 0.6) is 0 Å². The van der Waals surface area contributed by atoms with Crippen LogP contribution in [0.3, 0.4) is 0 Å². The number of nitrogens with zero attached hydrogens (tertiary/aromatic N) is 4. The highest BCUT2D eigenvalue weighted by Gasteiger charge is 2.33. The fourth-order valence-corrected chi connectivity index (χ4v) is 4.62. The van der Waals surface area contributed by atoms with Gasteiger partial charge in [0, 0.05) is 18.8 Å². The SMILES string of the molecule is Cc1cc(C(C)(C)C)cc(C)c1CSc1nnc(N2CCOCC2)n1CC(F)(F)F. The average Bonchev–Trinajstić information content (AvgIpc) is 3.01. The summed E-state index contributed by atoms with van der Waals surface area (Å²) in [5.74, 6) is 0.802. The third kappa shape index (κ3) is 5.49. The first-order valence-corrected chi connectivity index (χ1v) is 11.0. The Bertz CT molecular complexity index is 860. The Hall–Kier alpha value is -1.74. The lowest BCUT2D eigenvalue weighted by Crippen LogP contribution is -2.38. The zero-order valence-electron chi connectivity index (χ0n) is 18.1. The van der Waals surface area contributed by atoms with Crippen LogP contribution in [0.4, 0.5) is 19.1 Å². The topological polar surface area (TPSA) is 43.2 Å². The van der Waals surface area contributed by atoms with Crippen molar-refractivity contribution >= 4 is 17.7 Å². The third-order valence-corrected chi connectivity index (χ3v) is 6.23. The number of halogens is 3. The standard InChI is InChI=1S/C21H29F3N4OS/c1-14-10-16(20(3,4)5)11-15(2)17(14)12-30-19-26-25-18(27-6-8-29-9-7-27)28(19)13-21(22,23)24/h10-11H,6-9,12-13H2,1-5H3. The van der Waals surface area contributed by atoms with E-state index in [1.807, 2.05) is 0 Å². The molecule has 0 bridgehead atoms. The summed E-state index contributed by atoms with van der Waals surface area (Å²) < 4.78 is 46.3. The van der Waals surface area contributed by atoms with Gasteiger partial charge >= 0.3 is 6.18 Å². The van der Waals surface area contributed by atoms with Crippen molar-refractivity contribution in [1.29, 1.82) is 0 Å². The molecule has 1 aromatic carbocycles. The summed E-state index contributed by atoms with van der Waals surface area (Å²) in [6.07, 6.45) is -4.35. The average molecular weight is 443 g/mol. The molecule has 1 saturated heterocycles. The fraction of sp³-hybridized carbons (Fsp3) is 0.619. The normalized spacial score (nSPS) is 15.7. The molecule has 0 radical (unpaired) electrons. The minimum atomic E-state index is -4.35. The molecule has 0 unspecified atom stereocenters. The van der Waals surface area contributed by atoms with Gasteiger partial charge in [-0.25, -0.2) is 0 Å². The Morgan fingerprint density at radius 3 is 2.17 bits per heavy atom. The van der Waals surface area contributed by atoms with E-state index in [0.29, 0.717) is 32.1 Å². The quantitative estimate of drug-likeness (QED) is 0.618. The van der Waals surface area contributed by atoms with Crippen molar-refractivity contribution in [3.8, 4) is 0 Å². The molecular weight excluding hydrogens is 413 g/mol. The summed E-state index contributed by atoms with van der Waals surface area (Å²) in [7, 11) is 0. The molecule has 0 saturated carbocycles.